The summed E-state index contributed by atoms with van der Waals surface area (Å²) in [5.41, 5.74) is 5.01. The molecule has 0 aliphatic heterocycles. The highest BCUT2D eigenvalue weighted by Crippen LogP contribution is 2.34. The summed E-state index contributed by atoms with van der Waals surface area (Å²) in [6.07, 6.45) is 9.14. The minimum Gasteiger partial charge on any atom is -0.365 e. The fraction of sp³-hybridized carbons (Fsp3) is 0.478. The van der Waals surface area contributed by atoms with Crippen molar-refractivity contribution in [3.05, 3.63) is 42.3 Å². The van der Waals surface area contributed by atoms with Crippen LogP contribution in [0.4, 0.5) is 5.82 Å². The second-order valence-electron chi connectivity index (χ2n) is 8.85. The Labute approximate surface area is 187 Å². The highest BCUT2D eigenvalue weighted by atomic mass is 15.2. The number of rotatable bonds is 5. The number of aryl methyl sites for hydroxylation is 2. The first kappa shape index (κ1) is 20.5. The molecule has 0 bridgehead atoms. The van der Waals surface area contributed by atoms with Crippen molar-refractivity contribution in [1.82, 2.24) is 39.0 Å². The molecule has 0 aromatic carbocycles. The Kier molecular flexibility index (Phi) is 5.11. The Morgan fingerprint density at radius 1 is 1.12 bits per heavy atom. The summed E-state index contributed by atoms with van der Waals surface area (Å²) < 4.78 is 4.38. The van der Waals surface area contributed by atoms with Gasteiger partial charge in [0.05, 0.1) is 17.6 Å². The monoisotopic (exact) mass is 431 g/mol. The van der Waals surface area contributed by atoms with Crippen LogP contribution in [0.2, 0.25) is 0 Å². The molecule has 0 radical (unpaired) electrons. The molecule has 2 unspecified atom stereocenters. The summed E-state index contributed by atoms with van der Waals surface area (Å²) in [5, 5.41) is 3.68. The summed E-state index contributed by atoms with van der Waals surface area (Å²) >= 11 is 0. The Balaban J connectivity index is 1.51. The number of hydrogen-bond donors (Lipinski definition) is 1. The van der Waals surface area contributed by atoms with Crippen LogP contribution < -0.4 is 5.32 Å². The van der Waals surface area contributed by atoms with Crippen LogP contribution in [-0.2, 0) is 13.0 Å². The number of imidazole rings is 2. The van der Waals surface area contributed by atoms with Crippen LogP contribution in [0.15, 0.2) is 25.0 Å². The van der Waals surface area contributed by atoms with Crippen molar-refractivity contribution in [2.75, 3.05) is 5.32 Å². The van der Waals surface area contributed by atoms with Gasteiger partial charge in [0.1, 0.15) is 18.0 Å². The van der Waals surface area contributed by atoms with Crippen molar-refractivity contribution >= 4 is 17.0 Å². The third-order valence-corrected chi connectivity index (χ3v) is 6.26. The lowest BCUT2D eigenvalue weighted by Gasteiger charge is -2.29. The van der Waals surface area contributed by atoms with Crippen molar-refractivity contribution in [2.45, 2.75) is 72.0 Å². The van der Waals surface area contributed by atoms with Gasteiger partial charge in [0.25, 0.3) is 0 Å². The Bertz CT molecular complexity index is 1240. The number of hydrogen-bond acceptors (Lipinski definition) is 7. The fourth-order valence-electron chi connectivity index (χ4n) is 4.70. The molecule has 5 rings (SSSR count). The van der Waals surface area contributed by atoms with Crippen LogP contribution in [0.3, 0.4) is 0 Å². The Morgan fingerprint density at radius 2 is 1.91 bits per heavy atom. The normalized spacial score (nSPS) is 18.3. The average molecular weight is 432 g/mol. The van der Waals surface area contributed by atoms with Gasteiger partial charge in [-0.25, -0.2) is 29.9 Å². The highest BCUT2D eigenvalue weighted by Gasteiger charge is 2.30. The van der Waals surface area contributed by atoms with Gasteiger partial charge < -0.3 is 14.5 Å². The molecule has 4 aromatic heterocycles. The molecule has 0 saturated carbocycles. The number of fused-ring (bicyclic) bond motifs is 2. The largest absolute Gasteiger partial charge is 0.365 e. The summed E-state index contributed by atoms with van der Waals surface area (Å²) in [4.78, 5) is 27.4. The second-order valence-corrected chi connectivity index (χ2v) is 8.85. The van der Waals surface area contributed by atoms with E-state index in [-0.39, 0.29) is 6.04 Å². The minimum atomic E-state index is 0.253. The van der Waals surface area contributed by atoms with E-state index < -0.39 is 0 Å². The fourth-order valence-corrected chi connectivity index (χ4v) is 4.70. The minimum absolute atomic E-state index is 0.253. The van der Waals surface area contributed by atoms with E-state index in [4.69, 9.17) is 9.97 Å². The van der Waals surface area contributed by atoms with E-state index in [1.165, 1.54) is 11.4 Å². The SMILES string of the molecule is CCn1c(-c2cnc(C)nc2)nc2c(NC3Cc4c(ncn4C(C)C)C(C)C3)ncnc21. The van der Waals surface area contributed by atoms with Gasteiger partial charge in [-0.15, -0.1) is 0 Å². The van der Waals surface area contributed by atoms with Gasteiger partial charge in [0.15, 0.2) is 17.0 Å². The predicted octanol–water partition coefficient (Wildman–Crippen LogP) is 3.92. The molecule has 1 aliphatic rings. The van der Waals surface area contributed by atoms with Gasteiger partial charge in [-0.05, 0) is 34.1 Å². The van der Waals surface area contributed by atoms with E-state index in [0.717, 1.165) is 53.6 Å². The molecular weight excluding hydrogens is 402 g/mol. The van der Waals surface area contributed by atoms with Gasteiger partial charge in [0, 0.05) is 49.1 Å². The van der Waals surface area contributed by atoms with Crippen LogP contribution in [0.5, 0.6) is 0 Å². The van der Waals surface area contributed by atoms with Crippen LogP contribution in [-0.4, -0.2) is 45.1 Å². The molecule has 1 aliphatic carbocycles. The highest BCUT2D eigenvalue weighted by molar-refractivity contribution is 5.86. The van der Waals surface area contributed by atoms with E-state index in [2.05, 4.69) is 62.1 Å². The predicted molar refractivity (Wildman–Crippen MR) is 124 cm³/mol. The summed E-state index contributed by atoms with van der Waals surface area (Å²) in [5.74, 6) is 2.71. The first-order valence-corrected chi connectivity index (χ1v) is 11.3. The smallest absolute Gasteiger partial charge is 0.165 e. The molecule has 1 N–H and O–H groups in total. The zero-order valence-electron chi connectivity index (χ0n) is 19.2. The van der Waals surface area contributed by atoms with Crippen molar-refractivity contribution in [3.63, 3.8) is 0 Å². The standard InChI is InChI=1S/C23H29N9/c1-6-31-22(16-9-24-15(5)25-10-16)30-20-21(26-11-27-23(20)31)29-17-7-14(4)19-18(8-17)32(12-28-19)13(2)3/h9-14,17H,6-8H2,1-5H3,(H,26,27,29). The lowest BCUT2D eigenvalue weighted by molar-refractivity contribution is 0.490. The van der Waals surface area contributed by atoms with E-state index >= 15 is 0 Å². The first-order chi connectivity index (χ1) is 15.5. The molecule has 0 amide bonds. The lowest BCUT2D eigenvalue weighted by atomic mass is 9.87. The number of aromatic nitrogens is 8. The van der Waals surface area contributed by atoms with Crippen molar-refractivity contribution in [1.29, 1.82) is 0 Å². The van der Waals surface area contributed by atoms with Crippen molar-refractivity contribution in [3.8, 4) is 11.4 Å². The molecule has 4 aromatic rings. The van der Waals surface area contributed by atoms with Crippen LogP contribution >= 0.6 is 0 Å². The zero-order chi connectivity index (χ0) is 22.4. The summed E-state index contributed by atoms with van der Waals surface area (Å²) in [6, 6.07) is 0.644. The van der Waals surface area contributed by atoms with Gasteiger partial charge in [-0.3, -0.25) is 0 Å². The number of anilines is 1. The maximum atomic E-state index is 4.93. The maximum Gasteiger partial charge on any atom is 0.165 e. The molecule has 32 heavy (non-hydrogen) atoms. The van der Waals surface area contributed by atoms with Gasteiger partial charge in [-0.1, -0.05) is 6.92 Å². The third-order valence-electron chi connectivity index (χ3n) is 6.26. The van der Waals surface area contributed by atoms with Gasteiger partial charge in [0.2, 0.25) is 0 Å². The molecule has 9 nitrogen and oxygen atoms in total. The molecule has 0 spiro atoms. The molecule has 9 heteroatoms. The van der Waals surface area contributed by atoms with E-state index in [1.54, 1.807) is 6.33 Å². The molecule has 2 atom stereocenters. The quantitative estimate of drug-likeness (QED) is 0.511. The molecular formula is C23H29N9. The third kappa shape index (κ3) is 3.41. The van der Waals surface area contributed by atoms with Crippen LogP contribution in [0.1, 0.15) is 63.3 Å². The van der Waals surface area contributed by atoms with Crippen molar-refractivity contribution < 1.29 is 0 Å². The second kappa shape index (κ2) is 7.96. The summed E-state index contributed by atoms with van der Waals surface area (Å²) in [7, 11) is 0. The first-order valence-electron chi connectivity index (χ1n) is 11.3. The molecule has 4 heterocycles. The summed E-state index contributed by atoms with van der Waals surface area (Å²) in [6.45, 7) is 11.4. The Hall–Kier alpha value is -3.36. The topological polar surface area (TPSA) is 99.2 Å². The molecule has 0 fully saturated rings. The number of nitrogens with zero attached hydrogens (tertiary/aromatic N) is 8. The Morgan fingerprint density at radius 3 is 2.62 bits per heavy atom. The lowest BCUT2D eigenvalue weighted by Crippen LogP contribution is -2.31. The van der Waals surface area contributed by atoms with E-state index in [0.29, 0.717) is 12.0 Å². The maximum absolute atomic E-state index is 4.93. The average Bonchev–Trinajstić information content (AvgIpc) is 3.37. The molecule has 0 saturated heterocycles. The van der Waals surface area contributed by atoms with Gasteiger partial charge in [-0.2, -0.15) is 0 Å². The molecule has 166 valence electrons. The van der Waals surface area contributed by atoms with Crippen LogP contribution in [0.25, 0.3) is 22.6 Å². The van der Waals surface area contributed by atoms with E-state index in [9.17, 15) is 0 Å². The zero-order valence-corrected chi connectivity index (χ0v) is 19.2. The number of nitrogens with one attached hydrogen (secondary N) is 1. The van der Waals surface area contributed by atoms with Crippen LogP contribution in [0, 0.1) is 6.92 Å². The van der Waals surface area contributed by atoms with Crippen molar-refractivity contribution in [2.24, 2.45) is 0 Å². The van der Waals surface area contributed by atoms with E-state index in [1.807, 2.05) is 25.6 Å². The van der Waals surface area contributed by atoms with Gasteiger partial charge >= 0.3 is 0 Å².